The van der Waals surface area contributed by atoms with Crippen LogP contribution in [0, 0.1) is 0 Å². The first-order valence-corrected chi connectivity index (χ1v) is 2.89. The van der Waals surface area contributed by atoms with Crippen LogP contribution < -0.4 is 5.73 Å². The highest BCUT2D eigenvalue weighted by atomic mass is 16.3. The van der Waals surface area contributed by atoms with Crippen molar-refractivity contribution in [2.45, 2.75) is 12.5 Å². The molecule has 0 spiro atoms. The second-order valence-corrected chi connectivity index (χ2v) is 2.20. The fourth-order valence-corrected chi connectivity index (χ4v) is 0.902. The van der Waals surface area contributed by atoms with Crippen molar-refractivity contribution in [2.75, 3.05) is 6.54 Å². The highest BCUT2D eigenvalue weighted by Gasteiger charge is 2.30. The minimum absolute atomic E-state index is 0.00292. The van der Waals surface area contributed by atoms with E-state index in [9.17, 15) is 9.59 Å². The lowest BCUT2D eigenvalue weighted by atomic mass is 10.3. The summed E-state index contributed by atoms with van der Waals surface area (Å²) in [6.45, 7) is 0.0359. The SMILES string of the molecule is NC(=O)N1C[C@H](O)CC1=O. The number of primary amides is 1. The van der Waals surface area contributed by atoms with E-state index in [0.717, 1.165) is 4.90 Å². The van der Waals surface area contributed by atoms with Gasteiger partial charge >= 0.3 is 6.03 Å². The zero-order chi connectivity index (χ0) is 7.72. The van der Waals surface area contributed by atoms with Gasteiger partial charge in [-0.2, -0.15) is 0 Å². The van der Waals surface area contributed by atoms with Gasteiger partial charge in [-0.05, 0) is 0 Å². The number of imide groups is 1. The second kappa shape index (κ2) is 2.26. The van der Waals surface area contributed by atoms with Gasteiger partial charge in [-0.15, -0.1) is 0 Å². The number of carbonyl (C=O) groups is 2. The van der Waals surface area contributed by atoms with Gasteiger partial charge in [0.05, 0.1) is 19.1 Å². The molecule has 5 heteroatoms. The summed E-state index contributed by atoms with van der Waals surface area (Å²) < 4.78 is 0. The number of urea groups is 1. The molecular formula is C5H8N2O3. The van der Waals surface area contributed by atoms with Crippen LogP contribution >= 0.6 is 0 Å². The van der Waals surface area contributed by atoms with Gasteiger partial charge in [0.15, 0.2) is 0 Å². The zero-order valence-electron chi connectivity index (χ0n) is 5.28. The molecule has 1 aliphatic heterocycles. The fraction of sp³-hybridized carbons (Fsp3) is 0.600. The summed E-state index contributed by atoms with van der Waals surface area (Å²) in [5.74, 6) is -0.403. The van der Waals surface area contributed by atoms with Gasteiger partial charge < -0.3 is 10.8 Å². The number of nitrogens with zero attached hydrogens (tertiary/aromatic N) is 1. The minimum atomic E-state index is -0.790. The zero-order valence-corrected chi connectivity index (χ0v) is 5.28. The number of aliphatic hydroxyl groups excluding tert-OH is 1. The molecule has 1 saturated heterocycles. The third-order valence-electron chi connectivity index (χ3n) is 1.37. The van der Waals surface area contributed by atoms with E-state index in [4.69, 9.17) is 10.8 Å². The molecule has 0 radical (unpaired) electrons. The summed E-state index contributed by atoms with van der Waals surface area (Å²) in [5, 5.41) is 8.85. The monoisotopic (exact) mass is 144 g/mol. The highest BCUT2D eigenvalue weighted by Crippen LogP contribution is 2.09. The number of likely N-dealkylation sites (tertiary alicyclic amines) is 1. The van der Waals surface area contributed by atoms with Crippen molar-refractivity contribution >= 4 is 11.9 Å². The van der Waals surface area contributed by atoms with E-state index < -0.39 is 18.0 Å². The summed E-state index contributed by atoms with van der Waals surface area (Å²) in [7, 11) is 0. The molecule has 56 valence electrons. The molecule has 3 amide bonds. The molecule has 10 heavy (non-hydrogen) atoms. The van der Waals surface area contributed by atoms with Crippen LogP contribution in [-0.2, 0) is 4.79 Å². The van der Waals surface area contributed by atoms with Crippen LogP contribution in [0.25, 0.3) is 0 Å². The molecule has 0 saturated carbocycles. The number of nitrogens with two attached hydrogens (primary N) is 1. The van der Waals surface area contributed by atoms with E-state index in [-0.39, 0.29) is 13.0 Å². The average molecular weight is 144 g/mol. The van der Waals surface area contributed by atoms with E-state index in [2.05, 4.69) is 0 Å². The summed E-state index contributed by atoms with van der Waals surface area (Å²) >= 11 is 0. The van der Waals surface area contributed by atoms with Crippen molar-refractivity contribution in [1.82, 2.24) is 4.90 Å². The Balaban J connectivity index is 2.63. The van der Waals surface area contributed by atoms with Crippen molar-refractivity contribution in [3.05, 3.63) is 0 Å². The standard InChI is InChI=1S/C5H8N2O3/c6-5(10)7-2-3(8)1-4(7)9/h3,8H,1-2H2,(H2,6,10)/t3-/m1/s1. The van der Waals surface area contributed by atoms with Crippen LogP contribution in [-0.4, -0.2) is 34.6 Å². The van der Waals surface area contributed by atoms with E-state index in [1.54, 1.807) is 0 Å². The maximum Gasteiger partial charge on any atom is 0.321 e. The summed E-state index contributed by atoms with van der Waals surface area (Å²) in [5.41, 5.74) is 4.81. The molecule has 5 nitrogen and oxygen atoms in total. The third kappa shape index (κ3) is 1.08. The predicted octanol–water partition coefficient (Wildman–Crippen LogP) is -1.34. The number of hydrogen-bond donors (Lipinski definition) is 2. The van der Waals surface area contributed by atoms with Crippen LogP contribution in [0.2, 0.25) is 0 Å². The van der Waals surface area contributed by atoms with Gasteiger partial charge in [0.25, 0.3) is 0 Å². The molecular weight excluding hydrogens is 136 g/mol. The Morgan fingerprint density at radius 1 is 1.80 bits per heavy atom. The van der Waals surface area contributed by atoms with Crippen LogP contribution in [0.3, 0.4) is 0 Å². The quantitative estimate of drug-likeness (QED) is 0.441. The molecule has 0 aromatic heterocycles. The van der Waals surface area contributed by atoms with Gasteiger partial charge in [-0.1, -0.05) is 0 Å². The predicted molar refractivity (Wildman–Crippen MR) is 31.9 cm³/mol. The summed E-state index contributed by atoms with van der Waals surface area (Å²) in [6.07, 6.45) is -0.733. The Bertz CT molecular complexity index is 180. The van der Waals surface area contributed by atoms with E-state index >= 15 is 0 Å². The molecule has 1 heterocycles. The second-order valence-electron chi connectivity index (χ2n) is 2.20. The summed E-state index contributed by atoms with van der Waals surface area (Å²) in [4.78, 5) is 21.9. The molecule has 0 aromatic carbocycles. The molecule has 0 aliphatic carbocycles. The Hall–Kier alpha value is -1.10. The van der Waals surface area contributed by atoms with Crippen molar-refractivity contribution in [2.24, 2.45) is 5.73 Å². The van der Waals surface area contributed by atoms with Gasteiger partial charge in [-0.3, -0.25) is 9.69 Å². The largest absolute Gasteiger partial charge is 0.391 e. The maximum absolute atomic E-state index is 10.7. The van der Waals surface area contributed by atoms with Crippen molar-refractivity contribution in [3.63, 3.8) is 0 Å². The van der Waals surface area contributed by atoms with Gasteiger partial charge in [-0.25, -0.2) is 4.79 Å². The maximum atomic E-state index is 10.7. The lowest BCUT2D eigenvalue weighted by Gasteiger charge is -2.08. The Kier molecular flexibility index (Phi) is 1.58. The van der Waals surface area contributed by atoms with Crippen molar-refractivity contribution in [3.8, 4) is 0 Å². The van der Waals surface area contributed by atoms with E-state index in [1.807, 2.05) is 0 Å². The van der Waals surface area contributed by atoms with E-state index in [1.165, 1.54) is 0 Å². The van der Waals surface area contributed by atoms with Crippen LogP contribution in [0.5, 0.6) is 0 Å². The first-order valence-electron chi connectivity index (χ1n) is 2.89. The minimum Gasteiger partial charge on any atom is -0.391 e. The molecule has 0 bridgehead atoms. The first kappa shape index (κ1) is 7.01. The Morgan fingerprint density at radius 2 is 2.40 bits per heavy atom. The number of β-amino-alcohol motifs (C(OH)–C–C–N with tert-alkyl or cyclic N) is 1. The third-order valence-corrected chi connectivity index (χ3v) is 1.37. The number of carbonyl (C=O) groups excluding carboxylic acids is 2. The Morgan fingerprint density at radius 3 is 2.60 bits per heavy atom. The molecule has 1 atom stereocenters. The molecule has 1 rings (SSSR count). The van der Waals surface area contributed by atoms with Crippen LogP contribution in [0.4, 0.5) is 4.79 Å². The van der Waals surface area contributed by atoms with Crippen LogP contribution in [0.1, 0.15) is 6.42 Å². The Labute approximate surface area is 57.4 Å². The van der Waals surface area contributed by atoms with E-state index in [0.29, 0.717) is 0 Å². The topological polar surface area (TPSA) is 83.6 Å². The molecule has 1 aliphatic rings. The normalized spacial score (nSPS) is 25.5. The highest BCUT2D eigenvalue weighted by molar-refractivity contribution is 5.95. The molecule has 1 fully saturated rings. The average Bonchev–Trinajstić information content (AvgIpc) is 2.10. The fourth-order valence-electron chi connectivity index (χ4n) is 0.902. The van der Waals surface area contributed by atoms with Gasteiger partial charge in [0.2, 0.25) is 5.91 Å². The first-order chi connectivity index (χ1) is 4.61. The number of amides is 3. The van der Waals surface area contributed by atoms with Crippen molar-refractivity contribution < 1.29 is 14.7 Å². The van der Waals surface area contributed by atoms with Gasteiger partial charge in [0.1, 0.15) is 0 Å². The lowest BCUT2D eigenvalue weighted by molar-refractivity contribution is -0.125. The number of hydrogen-bond acceptors (Lipinski definition) is 3. The molecule has 3 N–H and O–H groups in total. The lowest BCUT2D eigenvalue weighted by Crippen LogP contribution is -2.37. The summed E-state index contributed by atoms with van der Waals surface area (Å²) in [6, 6.07) is -0.790. The van der Waals surface area contributed by atoms with Crippen molar-refractivity contribution in [1.29, 1.82) is 0 Å². The number of rotatable bonds is 0. The number of aliphatic hydroxyl groups is 1. The van der Waals surface area contributed by atoms with Crippen LogP contribution in [0.15, 0.2) is 0 Å². The molecule has 0 unspecified atom stereocenters. The smallest absolute Gasteiger partial charge is 0.321 e. The van der Waals surface area contributed by atoms with Gasteiger partial charge in [0, 0.05) is 0 Å². The molecule has 0 aromatic rings.